The zero-order chi connectivity index (χ0) is 19.4. The van der Waals surface area contributed by atoms with Crippen LogP contribution < -0.4 is 15.0 Å². The predicted molar refractivity (Wildman–Crippen MR) is 103 cm³/mol. The number of nitrogens with zero attached hydrogens (tertiary/aromatic N) is 1. The molecule has 6 heteroatoms. The maximum Gasteiger partial charge on any atom is 0.258 e. The molecule has 2 aromatic rings. The molecular formula is C21H24N2O4. The summed E-state index contributed by atoms with van der Waals surface area (Å²) in [6.07, 6.45) is 0.813. The fraction of sp³-hybridized carbons (Fsp3) is 0.333. The van der Waals surface area contributed by atoms with Gasteiger partial charge in [0.1, 0.15) is 12.4 Å². The van der Waals surface area contributed by atoms with E-state index in [4.69, 9.17) is 9.47 Å². The van der Waals surface area contributed by atoms with E-state index in [1.54, 1.807) is 31.4 Å². The number of methoxy groups -OCH3 is 2. The summed E-state index contributed by atoms with van der Waals surface area (Å²) in [6, 6.07) is 13.2. The molecule has 27 heavy (non-hydrogen) atoms. The van der Waals surface area contributed by atoms with Crippen LogP contribution in [0.25, 0.3) is 0 Å². The van der Waals surface area contributed by atoms with Crippen molar-refractivity contribution in [3.8, 4) is 5.75 Å². The van der Waals surface area contributed by atoms with E-state index < -0.39 is 0 Å². The molecule has 0 bridgehead atoms. The lowest BCUT2D eigenvalue weighted by Crippen LogP contribution is -2.35. The van der Waals surface area contributed by atoms with Crippen molar-refractivity contribution in [1.29, 1.82) is 0 Å². The number of anilines is 1. The van der Waals surface area contributed by atoms with Crippen LogP contribution >= 0.6 is 0 Å². The van der Waals surface area contributed by atoms with Gasteiger partial charge in [-0.2, -0.15) is 0 Å². The molecule has 0 saturated heterocycles. The van der Waals surface area contributed by atoms with Crippen LogP contribution in [0.15, 0.2) is 42.5 Å². The highest BCUT2D eigenvalue weighted by Crippen LogP contribution is 2.34. The summed E-state index contributed by atoms with van der Waals surface area (Å²) in [5, 5.41) is 2.81. The second-order valence-electron chi connectivity index (χ2n) is 6.63. The van der Waals surface area contributed by atoms with Gasteiger partial charge in [0, 0.05) is 30.9 Å². The maximum absolute atomic E-state index is 13.1. The van der Waals surface area contributed by atoms with Crippen molar-refractivity contribution in [3.63, 3.8) is 0 Å². The first-order valence-electron chi connectivity index (χ1n) is 8.88. The van der Waals surface area contributed by atoms with Gasteiger partial charge in [0.15, 0.2) is 0 Å². The summed E-state index contributed by atoms with van der Waals surface area (Å²) in [4.78, 5) is 26.5. The Bertz CT molecular complexity index is 833. The van der Waals surface area contributed by atoms with Gasteiger partial charge in [0.25, 0.3) is 5.91 Å². The molecule has 1 heterocycles. The first-order valence-corrected chi connectivity index (χ1v) is 8.88. The highest BCUT2D eigenvalue weighted by Gasteiger charge is 2.31. The fourth-order valence-corrected chi connectivity index (χ4v) is 3.33. The van der Waals surface area contributed by atoms with E-state index >= 15 is 0 Å². The van der Waals surface area contributed by atoms with Crippen molar-refractivity contribution in [2.45, 2.75) is 25.9 Å². The molecule has 142 valence electrons. The highest BCUT2D eigenvalue weighted by atomic mass is 16.5. The summed E-state index contributed by atoms with van der Waals surface area (Å²) in [6.45, 7) is 2.47. The number of fused-ring (bicyclic) bond motifs is 1. The third-order valence-electron chi connectivity index (χ3n) is 4.69. The molecule has 0 fully saturated rings. The van der Waals surface area contributed by atoms with E-state index in [1.165, 1.54) is 7.11 Å². The monoisotopic (exact) mass is 368 g/mol. The number of benzene rings is 2. The first kappa shape index (κ1) is 18.9. The Hall–Kier alpha value is -2.86. The average molecular weight is 368 g/mol. The van der Waals surface area contributed by atoms with Crippen molar-refractivity contribution in [2.24, 2.45) is 0 Å². The molecule has 2 aromatic carbocycles. The number of amides is 2. The molecule has 0 aromatic heterocycles. The van der Waals surface area contributed by atoms with Gasteiger partial charge >= 0.3 is 0 Å². The van der Waals surface area contributed by atoms with E-state index in [-0.39, 0.29) is 24.5 Å². The van der Waals surface area contributed by atoms with Gasteiger partial charge < -0.3 is 19.7 Å². The molecule has 0 spiro atoms. The summed E-state index contributed by atoms with van der Waals surface area (Å²) in [7, 11) is 3.08. The molecule has 2 amide bonds. The normalized spacial score (nSPS) is 15.4. The molecule has 0 aliphatic carbocycles. The minimum Gasteiger partial charge on any atom is -0.497 e. The average Bonchev–Trinajstić information content (AvgIpc) is 3.01. The molecular weight excluding hydrogens is 344 g/mol. The molecule has 1 aliphatic heterocycles. The van der Waals surface area contributed by atoms with Crippen molar-refractivity contribution in [2.75, 3.05) is 25.7 Å². The third-order valence-corrected chi connectivity index (χ3v) is 4.69. The number of carbonyl (C=O) groups excluding carboxylic acids is 2. The Labute approximate surface area is 159 Å². The van der Waals surface area contributed by atoms with E-state index in [2.05, 4.69) is 5.32 Å². The summed E-state index contributed by atoms with van der Waals surface area (Å²) < 4.78 is 9.98. The van der Waals surface area contributed by atoms with Crippen LogP contribution in [0, 0.1) is 0 Å². The van der Waals surface area contributed by atoms with Crippen LogP contribution in [0.2, 0.25) is 0 Å². The number of ether oxygens (including phenoxy) is 2. The molecule has 1 N–H and O–H groups in total. The van der Waals surface area contributed by atoms with Crippen LogP contribution in [0.3, 0.4) is 0 Å². The largest absolute Gasteiger partial charge is 0.497 e. The van der Waals surface area contributed by atoms with E-state index in [9.17, 15) is 9.59 Å². The highest BCUT2D eigenvalue weighted by molar-refractivity contribution is 6.07. The van der Waals surface area contributed by atoms with Crippen LogP contribution in [-0.4, -0.2) is 38.7 Å². The van der Waals surface area contributed by atoms with Crippen molar-refractivity contribution in [1.82, 2.24) is 5.32 Å². The zero-order valence-electron chi connectivity index (χ0n) is 15.8. The smallest absolute Gasteiger partial charge is 0.258 e. The zero-order valence-corrected chi connectivity index (χ0v) is 15.8. The molecule has 0 saturated carbocycles. The van der Waals surface area contributed by atoms with Gasteiger partial charge in [0.05, 0.1) is 7.11 Å². The summed E-state index contributed by atoms with van der Waals surface area (Å²) >= 11 is 0. The number of carbonyl (C=O) groups is 2. The predicted octanol–water partition coefficient (Wildman–Crippen LogP) is 2.55. The molecule has 0 unspecified atom stereocenters. The van der Waals surface area contributed by atoms with Crippen LogP contribution in [-0.2, 0) is 22.5 Å². The number of hydrogen-bond donors (Lipinski definition) is 1. The second kappa shape index (κ2) is 8.22. The van der Waals surface area contributed by atoms with Crippen molar-refractivity contribution < 1.29 is 19.1 Å². The Kier molecular flexibility index (Phi) is 5.76. The van der Waals surface area contributed by atoms with E-state index in [0.29, 0.717) is 12.1 Å². The Morgan fingerprint density at radius 1 is 1.15 bits per heavy atom. The van der Waals surface area contributed by atoms with Crippen LogP contribution in [0.1, 0.15) is 28.4 Å². The van der Waals surface area contributed by atoms with Gasteiger partial charge in [0.2, 0.25) is 5.91 Å². The Balaban J connectivity index is 1.81. The number of hydrogen-bond acceptors (Lipinski definition) is 4. The minimum absolute atomic E-state index is 0.0318. The molecule has 3 rings (SSSR count). The van der Waals surface area contributed by atoms with E-state index in [0.717, 1.165) is 29.0 Å². The van der Waals surface area contributed by atoms with Gasteiger partial charge in [-0.1, -0.05) is 12.1 Å². The van der Waals surface area contributed by atoms with Gasteiger partial charge in [-0.15, -0.1) is 0 Å². The van der Waals surface area contributed by atoms with Crippen LogP contribution in [0.5, 0.6) is 5.75 Å². The van der Waals surface area contributed by atoms with Crippen LogP contribution in [0.4, 0.5) is 5.69 Å². The topological polar surface area (TPSA) is 67.9 Å². The molecule has 1 aliphatic rings. The first-order chi connectivity index (χ1) is 13.0. The van der Waals surface area contributed by atoms with Crippen molar-refractivity contribution >= 4 is 17.5 Å². The number of nitrogens with one attached hydrogen (secondary N) is 1. The van der Waals surface area contributed by atoms with Crippen molar-refractivity contribution in [3.05, 3.63) is 59.2 Å². The molecule has 0 radical (unpaired) electrons. The SMILES string of the molecule is COCC(=O)NCc1ccc2c(c1)N(C(=O)c1ccc(OC)cc1)[C@@H](C)C2. The van der Waals surface area contributed by atoms with Gasteiger partial charge in [-0.25, -0.2) is 0 Å². The third kappa shape index (κ3) is 4.11. The second-order valence-corrected chi connectivity index (χ2v) is 6.63. The lowest BCUT2D eigenvalue weighted by molar-refractivity contribution is -0.124. The molecule has 1 atom stereocenters. The van der Waals surface area contributed by atoms with E-state index in [1.807, 2.05) is 30.0 Å². The quantitative estimate of drug-likeness (QED) is 0.851. The Morgan fingerprint density at radius 2 is 1.89 bits per heavy atom. The Morgan fingerprint density at radius 3 is 2.56 bits per heavy atom. The fourth-order valence-electron chi connectivity index (χ4n) is 3.33. The number of rotatable bonds is 6. The minimum atomic E-state index is -0.169. The lowest BCUT2D eigenvalue weighted by Gasteiger charge is -2.23. The summed E-state index contributed by atoms with van der Waals surface area (Å²) in [5.41, 5.74) is 3.60. The summed E-state index contributed by atoms with van der Waals surface area (Å²) in [5.74, 6) is 0.512. The standard InChI is InChI=1S/C21H24N2O4/c1-14-10-17-5-4-15(12-22-20(24)13-26-2)11-19(17)23(14)21(25)16-6-8-18(27-3)9-7-16/h4-9,11,14H,10,12-13H2,1-3H3,(H,22,24)/t14-/m0/s1. The molecule has 6 nitrogen and oxygen atoms in total. The maximum atomic E-state index is 13.1. The lowest BCUT2D eigenvalue weighted by atomic mass is 10.1. The van der Waals surface area contributed by atoms with Gasteiger partial charge in [-0.05, 0) is 54.8 Å². The van der Waals surface area contributed by atoms with Gasteiger partial charge in [-0.3, -0.25) is 9.59 Å².